The Morgan fingerprint density at radius 2 is 1.55 bits per heavy atom. The Kier molecular flexibility index (Phi) is 7.56. The minimum absolute atomic E-state index is 0.0702. The lowest BCUT2D eigenvalue weighted by atomic mass is 9.91. The van der Waals surface area contributed by atoms with Gasteiger partial charge in [0.1, 0.15) is 30.4 Å². The third-order valence-electron chi connectivity index (χ3n) is 5.01. The first-order valence-corrected chi connectivity index (χ1v) is 10.9. The van der Waals surface area contributed by atoms with Gasteiger partial charge < -0.3 is 18.9 Å². The molecule has 0 radical (unpaired) electrons. The van der Waals surface area contributed by atoms with Crippen LogP contribution in [0.2, 0.25) is 0 Å². The minimum atomic E-state index is -0.727. The first-order chi connectivity index (χ1) is 14.7. The highest BCUT2D eigenvalue weighted by Gasteiger charge is 2.48. The summed E-state index contributed by atoms with van der Waals surface area (Å²) < 4.78 is 22.4. The maximum absolute atomic E-state index is 11.8. The summed E-state index contributed by atoms with van der Waals surface area (Å²) in [6.07, 6.45) is -2.07. The Morgan fingerprint density at radius 3 is 2.19 bits per heavy atom. The summed E-state index contributed by atoms with van der Waals surface area (Å²) in [5.74, 6) is -1.78. The van der Waals surface area contributed by atoms with Crippen molar-refractivity contribution in [2.24, 2.45) is 5.92 Å². The fraction of sp³-hybridized carbons (Fsp3) is 0.435. The first kappa shape index (κ1) is 23.1. The van der Waals surface area contributed by atoms with Gasteiger partial charge in [-0.15, -0.1) is 0 Å². The highest BCUT2D eigenvalue weighted by atomic mass is 32.2. The number of rotatable bonds is 6. The molecular formula is C23H26O7S. The molecule has 166 valence electrons. The van der Waals surface area contributed by atoms with Crippen molar-refractivity contribution >= 4 is 40.4 Å². The molecule has 0 spiro atoms. The number of carbonyl (C=O) groups is 3. The van der Waals surface area contributed by atoms with E-state index in [2.05, 4.69) is 0 Å². The summed E-state index contributed by atoms with van der Waals surface area (Å²) in [7, 11) is 0. The van der Waals surface area contributed by atoms with Crippen molar-refractivity contribution in [3.05, 3.63) is 42.5 Å². The Hall–Kier alpha value is -2.58. The molecular weight excluding hydrogens is 420 g/mol. The quantitative estimate of drug-likeness (QED) is 0.490. The second-order valence-electron chi connectivity index (χ2n) is 7.48. The van der Waals surface area contributed by atoms with Crippen molar-refractivity contribution in [3.8, 4) is 0 Å². The van der Waals surface area contributed by atoms with E-state index in [1.807, 2.05) is 49.4 Å². The molecule has 0 saturated carbocycles. The zero-order valence-corrected chi connectivity index (χ0v) is 18.7. The highest BCUT2D eigenvalue weighted by Crippen LogP contribution is 2.39. The predicted octanol–water partition coefficient (Wildman–Crippen LogP) is 3.72. The molecule has 0 N–H and O–H groups in total. The van der Waals surface area contributed by atoms with Crippen molar-refractivity contribution in [2.45, 2.75) is 56.3 Å². The molecule has 0 bridgehead atoms. The Labute approximate surface area is 185 Å². The molecule has 8 heteroatoms. The van der Waals surface area contributed by atoms with Gasteiger partial charge in [0.2, 0.25) is 0 Å². The number of ether oxygens (including phenoxy) is 4. The van der Waals surface area contributed by atoms with Crippen LogP contribution in [0, 0.1) is 5.92 Å². The Bertz CT molecular complexity index is 958. The smallest absolute Gasteiger partial charge is 0.303 e. The summed E-state index contributed by atoms with van der Waals surface area (Å²) in [6, 6.07) is 14.0. The molecule has 0 aromatic heterocycles. The number of hydrogen-bond donors (Lipinski definition) is 0. The summed E-state index contributed by atoms with van der Waals surface area (Å²) in [4.78, 5) is 35.7. The molecule has 1 saturated heterocycles. The van der Waals surface area contributed by atoms with Crippen molar-refractivity contribution < 1.29 is 33.3 Å². The van der Waals surface area contributed by atoms with Crippen molar-refractivity contribution in [3.63, 3.8) is 0 Å². The number of benzene rings is 2. The van der Waals surface area contributed by atoms with E-state index in [4.69, 9.17) is 18.9 Å². The van der Waals surface area contributed by atoms with Crippen LogP contribution in [0.3, 0.4) is 0 Å². The molecule has 7 nitrogen and oxygen atoms in total. The largest absolute Gasteiger partial charge is 0.463 e. The van der Waals surface area contributed by atoms with Crippen LogP contribution in [0.1, 0.15) is 27.7 Å². The molecule has 1 heterocycles. The van der Waals surface area contributed by atoms with Gasteiger partial charge in [-0.2, -0.15) is 0 Å². The van der Waals surface area contributed by atoms with Crippen LogP contribution in [0.4, 0.5) is 0 Å². The van der Waals surface area contributed by atoms with Gasteiger partial charge in [-0.1, -0.05) is 49.0 Å². The molecule has 2 aromatic rings. The normalized spacial score (nSPS) is 25.6. The molecule has 5 atom stereocenters. The number of carbonyl (C=O) groups excluding carboxylic acids is 3. The van der Waals surface area contributed by atoms with E-state index < -0.39 is 41.7 Å². The van der Waals surface area contributed by atoms with Gasteiger partial charge in [-0.25, -0.2) is 0 Å². The van der Waals surface area contributed by atoms with Gasteiger partial charge in [-0.05, 0) is 22.9 Å². The fourth-order valence-electron chi connectivity index (χ4n) is 3.63. The van der Waals surface area contributed by atoms with Crippen LogP contribution < -0.4 is 0 Å². The Morgan fingerprint density at radius 1 is 0.903 bits per heavy atom. The second-order valence-corrected chi connectivity index (χ2v) is 8.65. The second kappa shape index (κ2) is 10.2. The van der Waals surface area contributed by atoms with Crippen LogP contribution in [-0.2, 0) is 33.3 Å². The summed E-state index contributed by atoms with van der Waals surface area (Å²) in [5.41, 5.74) is -0.576. The topological polar surface area (TPSA) is 88.1 Å². The molecule has 2 aromatic carbocycles. The van der Waals surface area contributed by atoms with Crippen LogP contribution in [-0.4, -0.2) is 48.3 Å². The van der Waals surface area contributed by atoms with E-state index in [-0.39, 0.29) is 12.5 Å². The lowest BCUT2D eigenvalue weighted by Gasteiger charge is -2.43. The zero-order chi connectivity index (χ0) is 22.5. The average Bonchev–Trinajstić information content (AvgIpc) is 2.71. The van der Waals surface area contributed by atoms with E-state index in [9.17, 15) is 14.4 Å². The van der Waals surface area contributed by atoms with Gasteiger partial charge in [0.25, 0.3) is 0 Å². The van der Waals surface area contributed by atoms with Crippen molar-refractivity contribution in [2.75, 3.05) is 6.61 Å². The van der Waals surface area contributed by atoms with Crippen molar-refractivity contribution in [1.29, 1.82) is 0 Å². The predicted molar refractivity (Wildman–Crippen MR) is 115 cm³/mol. The lowest BCUT2D eigenvalue weighted by molar-refractivity contribution is -0.212. The maximum atomic E-state index is 11.8. The minimum Gasteiger partial charge on any atom is -0.463 e. The van der Waals surface area contributed by atoms with Gasteiger partial charge in [0.15, 0.2) is 0 Å². The molecule has 1 fully saturated rings. The molecule has 1 aliphatic rings. The van der Waals surface area contributed by atoms with E-state index in [0.29, 0.717) is 0 Å². The third kappa shape index (κ3) is 5.98. The number of fused-ring (bicyclic) bond motifs is 1. The zero-order valence-electron chi connectivity index (χ0n) is 17.9. The summed E-state index contributed by atoms with van der Waals surface area (Å²) >= 11 is 1.41. The first-order valence-electron chi connectivity index (χ1n) is 10.0. The van der Waals surface area contributed by atoms with Crippen LogP contribution in [0.5, 0.6) is 0 Å². The standard InChI is InChI=1S/C23H26O7S/c1-13-21(28-15(3)25)20(12-27-14(2)24)30-23(22(13)29-16(4)26)31-19-10-9-17-7-5-6-8-18(17)11-19/h5-11,13,20-23H,12H2,1-4H3/t13?,20?,21-,22?,23-/m1/s1. The van der Waals surface area contributed by atoms with Crippen LogP contribution in [0.25, 0.3) is 10.8 Å². The monoisotopic (exact) mass is 446 g/mol. The molecule has 0 amide bonds. The van der Waals surface area contributed by atoms with Gasteiger partial charge in [0, 0.05) is 31.6 Å². The molecule has 3 unspecified atom stereocenters. The fourth-order valence-corrected chi connectivity index (χ4v) is 4.88. The van der Waals surface area contributed by atoms with Crippen LogP contribution >= 0.6 is 11.8 Å². The average molecular weight is 447 g/mol. The molecule has 31 heavy (non-hydrogen) atoms. The highest BCUT2D eigenvalue weighted by molar-refractivity contribution is 7.99. The van der Waals surface area contributed by atoms with Gasteiger partial charge >= 0.3 is 17.9 Å². The van der Waals surface area contributed by atoms with Crippen LogP contribution in [0.15, 0.2) is 47.4 Å². The van der Waals surface area contributed by atoms with Gasteiger partial charge in [0.05, 0.1) is 0 Å². The number of thioether (sulfide) groups is 1. The van der Waals surface area contributed by atoms with E-state index in [0.717, 1.165) is 15.7 Å². The molecule has 1 aliphatic heterocycles. The van der Waals surface area contributed by atoms with E-state index in [1.165, 1.54) is 32.5 Å². The van der Waals surface area contributed by atoms with Gasteiger partial charge in [-0.3, -0.25) is 14.4 Å². The maximum Gasteiger partial charge on any atom is 0.303 e. The van der Waals surface area contributed by atoms with E-state index >= 15 is 0 Å². The summed E-state index contributed by atoms with van der Waals surface area (Å²) in [5, 5.41) is 2.19. The van der Waals surface area contributed by atoms with Crippen molar-refractivity contribution in [1.82, 2.24) is 0 Å². The number of hydrogen-bond acceptors (Lipinski definition) is 8. The lowest BCUT2D eigenvalue weighted by Crippen LogP contribution is -2.56. The SMILES string of the molecule is CC(=O)OCC1O[C@H](Sc2ccc3ccccc3c2)C(OC(C)=O)C(C)[C@H]1OC(C)=O. The molecule has 0 aliphatic carbocycles. The Balaban J connectivity index is 1.89. The summed E-state index contributed by atoms with van der Waals surface area (Å²) in [6.45, 7) is 5.69. The number of esters is 3. The third-order valence-corrected chi connectivity index (χ3v) is 6.15. The van der Waals surface area contributed by atoms with E-state index in [1.54, 1.807) is 0 Å². The molecule has 3 rings (SSSR count).